The van der Waals surface area contributed by atoms with E-state index in [9.17, 15) is 19.2 Å². The molecule has 1 saturated heterocycles. The Kier molecular flexibility index (Phi) is 8.71. The maximum atomic E-state index is 13.6. The van der Waals surface area contributed by atoms with Gasteiger partial charge >= 0.3 is 6.09 Å². The zero-order valence-electron chi connectivity index (χ0n) is 21.1. The number of hydrogen-bond acceptors (Lipinski definition) is 5. The summed E-state index contributed by atoms with van der Waals surface area (Å²) in [5.74, 6) is -0.635. The minimum atomic E-state index is -0.968. The van der Waals surface area contributed by atoms with Crippen LogP contribution in [0.5, 0.6) is 0 Å². The molecule has 3 aromatic carbocycles. The van der Waals surface area contributed by atoms with Crippen LogP contribution >= 0.6 is 0 Å². The molecule has 1 aliphatic heterocycles. The summed E-state index contributed by atoms with van der Waals surface area (Å²) in [5, 5.41) is 8.16. The number of rotatable bonds is 8. The van der Waals surface area contributed by atoms with Gasteiger partial charge in [0, 0.05) is 17.9 Å². The molecule has 0 bridgehead atoms. The van der Waals surface area contributed by atoms with E-state index in [2.05, 4.69) is 16.0 Å². The number of amides is 4. The number of nitrogens with zero attached hydrogens (tertiary/aromatic N) is 1. The zero-order chi connectivity index (χ0) is 26.9. The van der Waals surface area contributed by atoms with Gasteiger partial charge in [-0.25, -0.2) is 4.79 Å². The van der Waals surface area contributed by atoms with Gasteiger partial charge in [0.1, 0.15) is 12.1 Å². The topological polar surface area (TPSA) is 117 Å². The van der Waals surface area contributed by atoms with Crippen molar-refractivity contribution in [3.8, 4) is 11.1 Å². The van der Waals surface area contributed by atoms with E-state index in [1.165, 1.54) is 7.11 Å². The van der Waals surface area contributed by atoms with Gasteiger partial charge in [-0.2, -0.15) is 0 Å². The molecule has 0 saturated carbocycles. The Morgan fingerprint density at radius 1 is 0.895 bits per heavy atom. The summed E-state index contributed by atoms with van der Waals surface area (Å²) in [5.41, 5.74) is 3.85. The predicted molar refractivity (Wildman–Crippen MR) is 144 cm³/mol. The fourth-order valence-electron chi connectivity index (χ4n) is 4.54. The lowest BCUT2D eigenvalue weighted by atomic mass is 9.98. The van der Waals surface area contributed by atoms with Crippen LogP contribution in [-0.2, 0) is 19.1 Å². The van der Waals surface area contributed by atoms with E-state index in [-0.39, 0.29) is 11.8 Å². The minimum absolute atomic E-state index is 0.278. The third-order valence-corrected chi connectivity index (χ3v) is 6.51. The van der Waals surface area contributed by atoms with Crippen LogP contribution in [0.1, 0.15) is 30.9 Å². The van der Waals surface area contributed by atoms with Crippen molar-refractivity contribution in [1.82, 2.24) is 10.2 Å². The highest BCUT2D eigenvalue weighted by Gasteiger charge is 2.37. The van der Waals surface area contributed by atoms with E-state index in [4.69, 9.17) is 4.74 Å². The summed E-state index contributed by atoms with van der Waals surface area (Å²) in [6, 6.07) is 22.1. The fraction of sp³-hybridized carbons (Fsp3) is 0.241. The monoisotopic (exact) mass is 514 g/mol. The van der Waals surface area contributed by atoms with Crippen LogP contribution in [0.25, 0.3) is 11.1 Å². The highest BCUT2D eigenvalue weighted by atomic mass is 16.5. The number of benzene rings is 3. The molecule has 1 fully saturated rings. The van der Waals surface area contributed by atoms with Gasteiger partial charge in [0.25, 0.3) is 5.91 Å². The Morgan fingerprint density at radius 3 is 2.13 bits per heavy atom. The summed E-state index contributed by atoms with van der Waals surface area (Å²) in [6.07, 6.45) is 2.02. The van der Waals surface area contributed by atoms with Gasteiger partial charge in [-0.05, 0) is 60.2 Å². The fourth-order valence-corrected chi connectivity index (χ4v) is 4.54. The van der Waals surface area contributed by atoms with Crippen molar-refractivity contribution in [2.24, 2.45) is 0 Å². The number of carbonyl (C=O) groups excluding carboxylic acids is 4. The van der Waals surface area contributed by atoms with Crippen LogP contribution in [0.3, 0.4) is 0 Å². The smallest absolute Gasteiger partial charge is 0.407 e. The number of alkyl carbamates (subject to hydrolysis) is 1. The SMILES string of the molecule is COC(=O)NC(C(=O)N1CCCC[C@@H]1C(=O)Nc1ccc(-c2ccc(NC=O)cc2)cc1)c1ccccc1. The van der Waals surface area contributed by atoms with E-state index in [1.807, 2.05) is 54.6 Å². The summed E-state index contributed by atoms with van der Waals surface area (Å²) in [6.45, 7) is 0.414. The van der Waals surface area contributed by atoms with Crippen LogP contribution in [0.15, 0.2) is 78.9 Å². The lowest BCUT2D eigenvalue weighted by Crippen LogP contribution is -2.53. The first-order chi connectivity index (χ1) is 18.5. The van der Waals surface area contributed by atoms with Crippen molar-refractivity contribution < 1.29 is 23.9 Å². The molecule has 0 aromatic heterocycles. The van der Waals surface area contributed by atoms with Gasteiger partial charge in [0.15, 0.2) is 0 Å². The molecule has 9 heteroatoms. The normalized spacial score (nSPS) is 15.6. The molecule has 1 heterocycles. The average Bonchev–Trinajstić information content (AvgIpc) is 2.97. The highest BCUT2D eigenvalue weighted by Crippen LogP contribution is 2.26. The molecule has 3 aromatic rings. The van der Waals surface area contributed by atoms with Gasteiger partial charge in [-0.3, -0.25) is 14.4 Å². The van der Waals surface area contributed by atoms with Crippen LogP contribution in [0, 0.1) is 0 Å². The second-order valence-corrected chi connectivity index (χ2v) is 8.93. The van der Waals surface area contributed by atoms with Gasteiger partial charge < -0.3 is 25.6 Å². The highest BCUT2D eigenvalue weighted by molar-refractivity contribution is 5.98. The number of piperidine rings is 1. The van der Waals surface area contributed by atoms with E-state index in [0.717, 1.165) is 24.0 Å². The summed E-state index contributed by atoms with van der Waals surface area (Å²) < 4.78 is 4.73. The lowest BCUT2D eigenvalue weighted by Gasteiger charge is -2.37. The Balaban J connectivity index is 1.47. The van der Waals surface area contributed by atoms with Gasteiger partial charge in [0.05, 0.1) is 7.11 Å². The van der Waals surface area contributed by atoms with E-state index in [0.29, 0.717) is 36.3 Å². The Morgan fingerprint density at radius 2 is 1.53 bits per heavy atom. The Labute approximate surface area is 221 Å². The molecular formula is C29H30N4O5. The molecule has 1 unspecified atom stereocenters. The van der Waals surface area contributed by atoms with Crippen molar-refractivity contribution in [2.45, 2.75) is 31.3 Å². The number of carbonyl (C=O) groups is 4. The van der Waals surface area contributed by atoms with E-state index < -0.39 is 18.2 Å². The zero-order valence-corrected chi connectivity index (χ0v) is 21.1. The quantitative estimate of drug-likeness (QED) is 0.387. The average molecular weight is 515 g/mol. The maximum absolute atomic E-state index is 13.6. The summed E-state index contributed by atoms with van der Waals surface area (Å²) >= 11 is 0. The molecule has 3 N–H and O–H groups in total. The molecule has 38 heavy (non-hydrogen) atoms. The molecule has 0 spiro atoms. The Bertz CT molecular complexity index is 1260. The Hall–Kier alpha value is -4.66. The van der Waals surface area contributed by atoms with Crippen LogP contribution in [-0.4, -0.2) is 48.9 Å². The first kappa shape index (κ1) is 26.4. The summed E-state index contributed by atoms with van der Waals surface area (Å²) in [4.78, 5) is 51.1. The van der Waals surface area contributed by atoms with E-state index in [1.54, 1.807) is 29.2 Å². The van der Waals surface area contributed by atoms with Crippen LogP contribution in [0.2, 0.25) is 0 Å². The van der Waals surface area contributed by atoms with Crippen molar-refractivity contribution in [1.29, 1.82) is 0 Å². The lowest BCUT2D eigenvalue weighted by molar-refractivity contribution is -0.142. The third kappa shape index (κ3) is 6.36. The molecule has 4 rings (SSSR count). The largest absolute Gasteiger partial charge is 0.453 e. The van der Waals surface area contributed by atoms with Crippen molar-refractivity contribution >= 4 is 35.7 Å². The van der Waals surface area contributed by atoms with E-state index >= 15 is 0 Å². The number of nitrogens with one attached hydrogen (secondary N) is 3. The number of hydrogen-bond donors (Lipinski definition) is 3. The number of likely N-dealkylation sites (tertiary alicyclic amines) is 1. The van der Waals surface area contributed by atoms with Crippen LogP contribution in [0.4, 0.5) is 16.2 Å². The first-order valence-electron chi connectivity index (χ1n) is 12.4. The standard InChI is InChI=1S/C29H30N4O5/c1-38-29(37)32-26(22-7-3-2-4-8-22)28(36)33-18-6-5-9-25(33)27(35)31-24-16-12-21(13-17-24)20-10-14-23(15-11-20)30-19-34/h2-4,7-8,10-17,19,25-26H,5-6,9,18H2,1H3,(H,30,34)(H,31,35)(H,32,37)/t25-,26?/m1/s1. The van der Waals surface area contributed by atoms with Crippen molar-refractivity contribution in [3.63, 3.8) is 0 Å². The third-order valence-electron chi connectivity index (χ3n) is 6.51. The van der Waals surface area contributed by atoms with Crippen LogP contribution < -0.4 is 16.0 Å². The minimum Gasteiger partial charge on any atom is -0.453 e. The van der Waals surface area contributed by atoms with Gasteiger partial charge in [-0.1, -0.05) is 54.6 Å². The molecule has 0 aliphatic carbocycles. The summed E-state index contributed by atoms with van der Waals surface area (Å²) in [7, 11) is 1.24. The predicted octanol–water partition coefficient (Wildman–Crippen LogP) is 4.34. The second kappa shape index (κ2) is 12.5. The second-order valence-electron chi connectivity index (χ2n) is 8.93. The number of methoxy groups -OCH3 is 1. The van der Waals surface area contributed by atoms with Crippen molar-refractivity contribution in [3.05, 3.63) is 84.4 Å². The number of ether oxygens (including phenoxy) is 1. The molecular weight excluding hydrogens is 484 g/mol. The molecule has 2 atom stereocenters. The molecule has 9 nitrogen and oxygen atoms in total. The molecule has 0 radical (unpaired) electrons. The first-order valence-corrected chi connectivity index (χ1v) is 12.4. The maximum Gasteiger partial charge on any atom is 0.407 e. The number of anilines is 2. The van der Waals surface area contributed by atoms with Gasteiger partial charge in [0.2, 0.25) is 12.3 Å². The molecule has 196 valence electrons. The van der Waals surface area contributed by atoms with Gasteiger partial charge in [-0.15, -0.1) is 0 Å². The molecule has 4 amide bonds. The molecule has 1 aliphatic rings. The van der Waals surface area contributed by atoms with Crippen molar-refractivity contribution in [2.75, 3.05) is 24.3 Å².